The van der Waals surface area contributed by atoms with Gasteiger partial charge < -0.3 is 30.1 Å². The highest BCUT2D eigenvalue weighted by Gasteiger charge is 2.37. The highest BCUT2D eigenvalue weighted by atomic mass is 16.5. The van der Waals surface area contributed by atoms with Gasteiger partial charge in [-0.05, 0) is 62.5 Å². The van der Waals surface area contributed by atoms with Gasteiger partial charge in [0.05, 0.1) is 30.0 Å². The van der Waals surface area contributed by atoms with Crippen molar-refractivity contribution in [1.82, 2.24) is 15.8 Å². The van der Waals surface area contributed by atoms with Crippen LogP contribution in [0.3, 0.4) is 0 Å². The first-order chi connectivity index (χ1) is 18.9. The van der Waals surface area contributed by atoms with Gasteiger partial charge >= 0.3 is 5.97 Å². The Labute approximate surface area is 225 Å². The van der Waals surface area contributed by atoms with Crippen LogP contribution < -0.4 is 20.4 Å². The van der Waals surface area contributed by atoms with Crippen molar-refractivity contribution in [3.05, 3.63) is 89.6 Å². The third kappa shape index (κ3) is 5.25. The average Bonchev–Trinajstić information content (AvgIpc) is 3.33. The second kappa shape index (κ2) is 11.1. The molecule has 0 spiro atoms. The number of anilines is 2. The number of aromatic carboxylic acids is 1. The molecule has 1 aromatic heterocycles. The molecule has 1 aliphatic rings. The quantitative estimate of drug-likeness (QED) is 0.319. The summed E-state index contributed by atoms with van der Waals surface area (Å²) in [4.78, 5) is 42.4. The summed E-state index contributed by atoms with van der Waals surface area (Å²) in [6.45, 7) is 2.73. The number of amides is 2. The van der Waals surface area contributed by atoms with E-state index in [4.69, 9.17) is 4.52 Å². The largest absolute Gasteiger partial charge is 0.478 e. The normalized spacial score (nSPS) is 16.2. The SMILES string of the molecule is CN[C@@H](C)CN[C@H]1CN(C(=O)c2ccc(C(=O)O)cc2)c2ccccc2N(Cc2noc3ccccc23)C1=O. The molecule has 2 atom stereocenters. The Morgan fingerprint density at radius 1 is 1.03 bits per heavy atom. The van der Waals surface area contributed by atoms with E-state index in [1.54, 1.807) is 15.9 Å². The van der Waals surface area contributed by atoms with Gasteiger partial charge in [-0.1, -0.05) is 29.4 Å². The van der Waals surface area contributed by atoms with Crippen molar-refractivity contribution < 1.29 is 24.0 Å². The van der Waals surface area contributed by atoms with Gasteiger partial charge in [0, 0.05) is 23.5 Å². The molecule has 3 aromatic carbocycles. The van der Waals surface area contributed by atoms with Crippen LogP contribution >= 0.6 is 0 Å². The van der Waals surface area contributed by atoms with Crippen LogP contribution in [0.5, 0.6) is 0 Å². The Kier molecular flexibility index (Phi) is 7.40. The van der Waals surface area contributed by atoms with Gasteiger partial charge in [-0.25, -0.2) is 4.79 Å². The number of benzene rings is 3. The van der Waals surface area contributed by atoms with Crippen LogP contribution in [-0.4, -0.2) is 60.3 Å². The number of nitrogens with zero attached hydrogens (tertiary/aromatic N) is 3. The predicted molar refractivity (Wildman–Crippen MR) is 147 cm³/mol. The summed E-state index contributed by atoms with van der Waals surface area (Å²) >= 11 is 0. The van der Waals surface area contributed by atoms with Crippen molar-refractivity contribution in [3.8, 4) is 0 Å². The molecule has 0 aliphatic carbocycles. The zero-order valence-corrected chi connectivity index (χ0v) is 21.6. The van der Waals surface area contributed by atoms with E-state index < -0.39 is 12.0 Å². The summed E-state index contributed by atoms with van der Waals surface area (Å²) in [5.74, 6) is -1.61. The maximum atomic E-state index is 14.1. The zero-order chi connectivity index (χ0) is 27.5. The molecule has 0 radical (unpaired) electrons. The minimum atomic E-state index is -1.07. The smallest absolute Gasteiger partial charge is 0.335 e. The third-order valence-corrected chi connectivity index (χ3v) is 6.94. The molecule has 10 nitrogen and oxygen atoms in total. The Hall–Kier alpha value is -4.54. The van der Waals surface area contributed by atoms with Crippen LogP contribution in [0.25, 0.3) is 11.0 Å². The first kappa shape index (κ1) is 26.1. The van der Waals surface area contributed by atoms with Crippen molar-refractivity contribution >= 4 is 40.1 Å². The Morgan fingerprint density at radius 3 is 2.41 bits per heavy atom. The van der Waals surface area contributed by atoms with E-state index in [2.05, 4.69) is 15.8 Å². The molecular weight excluding hydrogens is 498 g/mol. The molecular formula is C29H29N5O5. The molecule has 0 saturated heterocycles. The molecule has 2 heterocycles. The number of carbonyl (C=O) groups excluding carboxylic acids is 2. The number of carboxylic acid groups (broad SMARTS) is 1. The number of para-hydroxylation sites is 3. The van der Waals surface area contributed by atoms with Crippen molar-refractivity contribution in [2.75, 3.05) is 29.9 Å². The summed E-state index contributed by atoms with van der Waals surface area (Å²) in [6.07, 6.45) is 0. The Morgan fingerprint density at radius 2 is 1.69 bits per heavy atom. The number of aromatic nitrogens is 1. The molecule has 3 N–H and O–H groups in total. The molecule has 0 bridgehead atoms. The van der Waals surface area contributed by atoms with Crippen LogP contribution in [0.4, 0.5) is 11.4 Å². The first-order valence-electron chi connectivity index (χ1n) is 12.7. The van der Waals surface area contributed by atoms with Crippen molar-refractivity contribution in [2.45, 2.75) is 25.6 Å². The number of fused-ring (bicyclic) bond motifs is 2. The lowest BCUT2D eigenvalue weighted by atomic mass is 10.1. The topological polar surface area (TPSA) is 128 Å². The molecule has 0 unspecified atom stereocenters. The first-order valence-corrected chi connectivity index (χ1v) is 12.7. The van der Waals surface area contributed by atoms with Gasteiger partial charge in [-0.15, -0.1) is 0 Å². The second-order valence-corrected chi connectivity index (χ2v) is 9.49. The molecule has 4 aromatic rings. The Bertz CT molecular complexity index is 1520. The highest BCUT2D eigenvalue weighted by molar-refractivity contribution is 6.12. The Balaban J connectivity index is 1.56. The lowest BCUT2D eigenvalue weighted by Gasteiger charge is -2.26. The number of carboxylic acids is 1. The van der Waals surface area contributed by atoms with Gasteiger partial charge in [0.15, 0.2) is 5.58 Å². The summed E-state index contributed by atoms with van der Waals surface area (Å²) in [7, 11) is 1.84. The van der Waals surface area contributed by atoms with E-state index in [0.29, 0.717) is 34.8 Å². The van der Waals surface area contributed by atoms with Gasteiger partial charge in [0.1, 0.15) is 11.7 Å². The lowest BCUT2D eigenvalue weighted by Crippen LogP contribution is -2.53. The molecule has 5 rings (SSSR count). The molecule has 10 heteroatoms. The van der Waals surface area contributed by atoms with E-state index >= 15 is 0 Å². The van der Waals surface area contributed by atoms with E-state index in [1.807, 2.05) is 56.4 Å². The van der Waals surface area contributed by atoms with E-state index in [1.165, 1.54) is 24.3 Å². The summed E-state index contributed by atoms with van der Waals surface area (Å²) in [5.41, 5.74) is 2.78. The van der Waals surface area contributed by atoms with E-state index in [9.17, 15) is 19.5 Å². The van der Waals surface area contributed by atoms with Crippen LogP contribution in [-0.2, 0) is 11.3 Å². The average molecular weight is 528 g/mol. The number of rotatable bonds is 8. The fraction of sp³-hybridized carbons (Fsp3) is 0.241. The van der Waals surface area contributed by atoms with Crippen molar-refractivity contribution in [3.63, 3.8) is 0 Å². The van der Waals surface area contributed by atoms with Gasteiger partial charge in [0.2, 0.25) is 5.91 Å². The zero-order valence-electron chi connectivity index (χ0n) is 21.6. The maximum absolute atomic E-state index is 14.1. The number of hydrogen-bond donors (Lipinski definition) is 3. The minimum Gasteiger partial charge on any atom is -0.478 e. The monoisotopic (exact) mass is 527 g/mol. The van der Waals surface area contributed by atoms with Crippen LogP contribution in [0, 0.1) is 0 Å². The number of likely N-dealkylation sites (N-methyl/N-ethyl adjacent to an activating group) is 1. The maximum Gasteiger partial charge on any atom is 0.335 e. The van der Waals surface area contributed by atoms with Crippen LogP contribution in [0.15, 0.2) is 77.3 Å². The van der Waals surface area contributed by atoms with Gasteiger partial charge in [-0.3, -0.25) is 9.59 Å². The number of hydrogen-bond acceptors (Lipinski definition) is 7. The summed E-state index contributed by atoms with van der Waals surface area (Å²) < 4.78 is 5.49. The van der Waals surface area contributed by atoms with Crippen molar-refractivity contribution in [1.29, 1.82) is 0 Å². The standard InChI is InChI=1S/C29H29N5O5/c1-18(30-2)15-31-23-17-33(27(35)19-11-13-20(14-12-19)29(37)38)24-8-4-5-9-25(24)34(28(23)36)16-22-21-7-3-6-10-26(21)39-32-22/h3-14,18,23,30-31H,15-17H2,1-2H3,(H,37,38)/t18-,23-/m0/s1. The fourth-order valence-electron chi connectivity index (χ4n) is 4.63. The highest BCUT2D eigenvalue weighted by Crippen LogP contribution is 2.35. The second-order valence-electron chi connectivity index (χ2n) is 9.49. The lowest BCUT2D eigenvalue weighted by molar-refractivity contribution is -0.120. The molecule has 2 amide bonds. The minimum absolute atomic E-state index is 0.0852. The molecule has 39 heavy (non-hydrogen) atoms. The molecule has 0 saturated carbocycles. The van der Waals surface area contributed by atoms with Crippen molar-refractivity contribution in [2.24, 2.45) is 0 Å². The molecule has 1 aliphatic heterocycles. The third-order valence-electron chi connectivity index (χ3n) is 6.94. The molecule has 200 valence electrons. The van der Waals surface area contributed by atoms with Gasteiger partial charge in [-0.2, -0.15) is 0 Å². The summed E-state index contributed by atoms with van der Waals surface area (Å²) in [5, 5.41) is 20.8. The summed E-state index contributed by atoms with van der Waals surface area (Å²) in [6, 6.07) is 19.9. The fourth-order valence-corrected chi connectivity index (χ4v) is 4.63. The van der Waals surface area contributed by atoms with E-state index in [-0.39, 0.29) is 36.5 Å². The van der Waals surface area contributed by atoms with Gasteiger partial charge in [0.25, 0.3) is 5.91 Å². The van der Waals surface area contributed by atoms with E-state index in [0.717, 1.165) is 5.39 Å². The predicted octanol–water partition coefficient (Wildman–Crippen LogP) is 3.29. The van der Waals surface area contributed by atoms with Crippen LogP contribution in [0.2, 0.25) is 0 Å². The number of nitrogens with one attached hydrogen (secondary N) is 2. The van der Waals surface area contributed by atoms with Crippen LogP contribution in [0.1, 0.15) is 33.3 Å². The number of carbonyl (C=O) groups is 3. The molecule has 0 fully saturated rings.